The number of hydrogen-bond acceptors (Lipinski definition) is 5. The van der Waals surface area contributed by atoms with Gasteiger partial charge in [-0.2, -0.15) is 5.10 Å². The lowest BCUT2D eigenvalue weighted by atomic mass is 10.2. The lowest BCUT2D eigenvalue weighted by molar-refractivity contribution is -0.117. The molecule has 1 heterocycles. The number of amides is 1. The summed E-state index contributed by atoms with van der Waals surface area (Å²) in [5.74, 6) is 1.68. The van der Waals surface area contributed by atoms with Gasteiger partial charge in [0.1, 0.15) is 24.7 Å². The summed E-state index contributed by atoms with van der Waals surface area (Å²) < 4.78 is 15.3. The molecule has 0 radical (unpaired) electrons. The summed E-state index contributed by atoms with van der Waals surface area (Å²) in [7, 11) is 0. The first kappa shape index (κ1) is 23.3. The van der Waals surface area contributed by atoms with Crippen LogP contribution in [0.1, 0.15) is 18.3 Å². The van der Waals surface area contributed by atoms with Crippen LogP contribution in [0.2, 0.25) is 0 Å². The van der Waals surface area contributed by atoms with E-state index in [9.17, 15) is 4.79 Å². The normalized spacial score (nSPS) is 10.6. The fraction of sp³-hybridized carbons (Fsp3) is 0.192. The van der Waals surface area contributed by atoms with Gasteiger partial charge in [0.15, 0.2) is 5.82 Å². The number of hydrogen-bond donors (Lipinski definition) is 1. The Morgan fingerprint density at radius 3 is 2.41 bits per heavy atom. The van der Waals surface area contributed by atoms with E-state index in [1.165, 1.54) is 4.68 Å². The largest absolute Gasteiger partial charge is 0.492 e. The van der Waals surface area contributed by atoms with Crippen molar-refractivity contribution in [2.24, 2.45) is 0 Å². The van der Waals surface area contributed by atoms with E-state index in [4.69, 9.17) is 21.7 Å². The summed E-state index contributed by atoms with van der Waals surface area (Å²) in [5, 5.41) is 7.52. The van der Waals surface area contributed by atoms with Gasteiger partial charge in [0, 0.05) is 5.69 Å². The molecule has 34 heavy (non-hydrogen) atoms. The Balaban J connectivity index is 1.60. The number of benzene rings is 3. The van der Waals surface area contributed by atoms with E-state index in [-0.39, 0.29) is 19.1 Å². The number of ether oxygens (including phenoxy) is 2. The number of nitrogens with zero attached hydrogens (tertiary/aromatic N) is 3. The number of anilines is 1. The zero-order valence-electron chi connectivity index (χ0n) is 19.1. The van der Waals surface area contributed by atoms with Crippen molar-refractivity contribution in [1.29, 1.82) is 0 Å². The van der Waals surface area contributed by atoms with E-state index in [2.05, 4.69) is 10.4 Å². The van der Waals surface area contributed by atoms with E-state index in [0.29, 0.717) is 28.6 Å². The first-order chi connectivity index (χ1) is 16.5. The Hall–Kier alpha value is -3.91. The Morgan fingerprint density at radius 1 is 0.971 bits per heavy atom. The number of carbonyl (C=O) groups is 1. The van der Waals surface area contributed by atoms with Crippen molar-refractivity contribution in [1.82, 2.24) is 14.3 Å². The van der Waals surface area contributed by atoms with Gasteiger partial charge < -0.3 is 14.8 Å². The number of aryl methyl sites for hydroxylation is 1. The van der Waals surface area contributed by atoms with Crippen molar-refractivity contribution >= 4 is 23.8 Å². The van der Waals surface area contributed by atoms with Crippen LogP contribution in [-0.2, 0) is 17.9 Å². The van der Waals surface area contributed by atoms with Gasteiger partial charge >= 0.3 is 0 Å². The van der Waals surface area contributed by atoms with Crippen LogP contribution in [0, 0.1) is 11.7 Å². The second-order valence-corrected chi connectivity index (χ2v) is 7.97. The van der Waals surface area contributed by atoms with Crippen LogP contribution in [0.3, 0.4) is 0 Å². The fourth-order valence-corrected chi connectivity index (χ4v) is 3.76. The van der Waals surface area contributed by atoms with Crippen LogP contribution in [0.25, 0.3) is 5.69 Å². The standard InChI is InChI=1S/C26H26N4O3S/c1-3-32-23-12-8-7-11-22(23)27-25(31)17-29-26(34)30(20-15-13-19(2)14-16-20)24(28-29)18-33-21-9-5-4-6-10-21/h4-16H,3,17-18H2,1-2H3,(H,27,31). The average molecular weight is 475 g/mol. The number of rotatable bonds is 9. The lowest BCUT2D eigenvalue weighted by Gasteiger charge is -2.11. The summed E-state index contributed by atoms with van der Waals surface area (Å²) >= 11 is 5.71. The van der Waals surface area contributed by atoms with E-state index < -0.39 is 0 Å². The van der Waals surface area contributed by atoms with Crippen LogP contribution in [0.15, 0.2) is 78.9 Å². The third-order valence-electron chi connectivity index (χ3n) is 5.06. The third kappa shape index (κ3) is 5.52. The van der Waals surface area contributed by atoms with Crippen molar-refractivity contribution in [2.75, 3.05) is 11.9 Å². The molecule has 0 saturated heterocycles. The molecular formula is C26H26N4O3S. The van der Waals surface area contributed by atoms with Crippen LogP contribution < -0.4 is 14.8 Å². The van der Waals surface area contributed by atoms with E-state index >= 15 is 0 Å². The molecule has 1 N–H and O–H groups in total. The third-order valence-corrected chi connectivity index (χ3v) is 5.46. The summed E-state index contributed by atoms with van der Waals surface area (Å²) in [4.78, 5) is 12.9. The summed E-state index contributed by atoms with van der Waals surface area (Å²) in [6, 6.07) is 24.8. The van der Waals surface area contributed by atoms with Crippen molar-refractivity contribution < 1.29 is 14.3 Å². The maximum absolute atomic E-state index is 12.9. The molecule has 0 fully saturated rings. The summed E-state index contributed by atoms with van der Waals surface area (Å²) in [6.07, 6.45) is 0. The van der Waals surface area contributed by atoms with E-state index in [1.807, 2.05) is 91.2 Å². The Morgan fingerprint density at radius 2 is 1.68 bits per heavy atom. The molecule has 8 heteroatoms. The molecular weight excluding hydrogens is 448 g/mol. The molecule has 0 aliphatic carbocycles. The average Bonchev–Trinajstić information content (AvgIpc) is 3.15. The van der Waals surface area contributed by atoms with E-state index in [1.54, 1.807) is 6.07 Å². The van der Waals surface area contributed by atoms with Crippen LogP contribution >= 0.6 is 12.2 Å². The number of nitrogens with one attached hydrogen (secondary N) is 1. The molecule has 0 saturated carbocycles. The second kappa shape index (κ2) is 10.8. The zero-order valence-corrected chi connectivity index (χ0v) is 19.9. The van der Waals surface area contributed by atoms with Crippen molar-refractivity contribution in [3.05, 3.63) is 95.0 Å². The fourth-order valence-electron chi connectivity index (χ4n) is 3.44. The molecule has 174 valence electrons. The second-order valence-electron chi connectivity index (χ2n) is 7.61. The predicted octanol–water partition coefficient (Wildman–Crippen LogP) is 5.33. The van der Waals surface area contributed by atoms with Gasteiger partial charge in [0.05, 0.1) is 12.3 Å². The minimum Gasteiger partial charge on any atom is -0.492 e. The van der Waals surface area contributed by atoms with Crippen LogP contribution in [-0.4, -0.2) is 26.9 Å². The molecule has 0 aliphatic rings. The van der Waals surface area contributed by atoms with E-state index in [0.717, 1.165) is 17.0 Å². The lowest BCUT2D eigenvalue weighted by Crippen LogP contribution is -2.20. The van der Waals surface area contributed by atoms with Gasteiger partial charge in [-0.15, -0.1) is 0 Å². The number of para-hydroxylation sites is 3. The molecule has 7 nitrogen and oxygen atoms in total. The first-order valence-electron chi connectivity index (χ1n) is 11.0. The maximum atomic E-state index is 12.9. The molecule has 0 spiro atoms. The molecule has 0 atom stereocenters. The highest BCUT2D eigenvalue weighted by Crippen LogP contribution is 2.24. The minimum absolute atomic E-state index is 0.0451. The minimum atomic E-state index is -0.257. The smallest absolute Gasteiger partial charge is 0.246 e. The van der Waals surface area contributed by atoms with Gasteiger partial charge in [-0.1, -0.05) is 48.0 Å². The first-order valence-corrected chi connectivity index (χ1v) is 11.4. The van der Waals surface area contributed by atoms with Crippen molar-refractivity contribution in [2.45, 2.75) is 27.0 Å². The topological polar surface area (TPSA) is 70.3 Å². The molecule has 0 bridgehead atoms. The molecule has 1 amide bonds. The van der Waals surface area contributed by atoms with Crippen LogP contribution in [0.5, 0.6) is 11.5 Å². The van der Waals surface area contributed by atoms with Gasteiger partial charge in [-0.25, -0.2) is 4.68 Å². The Labute approximate surface area is 203 Å². The highest BCUT2D eigenvalue weighted by atomic mass is 32.1. The Kier molecular flexibility index (Phi) is 7.39. The predicted molar refractivity (Wildman–Crippen MR) is 134 cm³/mol. The monoisotopic (exact) mass is 474 g/mol. The highest BCUT2D eigenvalue weighted by Gasteiger charge is 2.16. The SMILES string of the molecule is CCOc1ccccc1NC(=O)Cn1nc(COc2ccccc2)n(-c2ccc(C)cc2)c1=S. The summed E-state index contributed by atoms with van der Waals surface area (Å²) in [6.45, 7) is 4.58. The molecule has 0 aliphatic heterocycles. The van der Waals surface area contributed by atoms with Crippen molar-refractivity contribution in [3.8, 4) is 17.2 Å². The quantitative estimate of drug-likeness (QED) is 0.332. The van der Waals surface area contributed by atoms with Gasteiger partial charge in [0.2, 0.25) is 10.7 Å². The number of carbonyl (C=O) groups excluding carboxylic acids is 1. The van der Waals surface area contributed by atoms with Crippen LogP contribution in [0.4, 0.5) is 5.69 Å². The Bertz CT molecular complexity index is 1310. The molecule has 1 aromatic heterocycles. The van der Waals surface area contributed by atoms with Crippen molar-refractivity contribution in [3.63, 3.8) is 0 Å². The zero-order chi connectivity index (χ0) is 23.9. The molecule has 3 aromatic carbocycles. The van der Waals surface area contributed by atoms with Gasteiger partial charge in [-0.3, -0.25) is 9.36 Å². The number of aromatic nitrogens is 3. The van der Waals surface area contributed by atoms with Gasteiger partial charge in [0.25, 0.3) is 0 Å². The highest BCUT2D eigenvalue weighted by molar-refractivity contribution is 7.71. The molecule has 4 aromatic rings. The van der Waals surface area contributed by atoms with Gasteiger partial charge in [-0.05, 0) is 62.5 Å². The maximum Gasteiger partial charge on any atom is 0.246 e. The molecule has 4 rings (SSSR count). The molecule has 0 unspecified atom stereocenters. The summed E-state index contributed by atoms with van der Waals surface area (Å²) in [5.41, 5.74) is 2.60.